The van der Waals surface area contributed by atoms with E-state index in [-0.39, 0.29) is 35.3 Å². The van der Waals surface area contributed by atoms with E-state index >= 15 is 0 Å². The Morgan fingerprint density at radius 3 is 1.14 bits per heavy atom. The van der Waals surface area contributed by atoms with Crippen molar-refractivity contribution in [3.63, 3.8) is 0 Å². The van der Waals surface area contributed by atoms with Crippen LogP contribution in [0.25, 0.3) is 0 Å². The van der Waals surface area contributed by atoms with Crippen LogP contribution in [-0.2, 0) is 47.5 Å². The molecule has 0 aliphatic heterocycles. The number of carbonyl (C=O) groups excluding carboxylic acids is 3. The molecule has 0 radical (unpaired) electrons. The van der Waals surface area contributed by atoms with Crippen LogP contribution in [0.3, 0.4) is 0 Å². The first kappa shape index (κ1) is 45.6. The smallest absolute Gasteiger partial charge is 0.311 e. The van der Waals surface area contributed by atoms with Crippen molar-refractivity contribution < 1.29 is 47.5 Å². The molecule has 0 saturated heterocycles. The van der Waals surface area contributed by atoms with Crippen molar-refractivity contribution in [1.82, 2.24) is 4.90 Å². The molecule has 0 saturated carbocycles. The van der Waals surface area contributed by atoms with Crippen LogP contribution in [0.4, 0.5) is 0 Å². The average molecular weight is 624 g/mol. The van der Waals surface area contributed by atoms with Crippen LogP contribution < -0.4 is 0 Å². The minimum absolute atomic E-state index is 0.100. The molecule has 0 rings (SSSR count). The number of ether oxygens (including phenoxy) is 7. The summed E-state index contributed by atoms with van der Waals surface area (Å²) in [6.07, 6.45) is 2.39. The summed E-state index contributed by atoms with van der Waals surface area (Å²) in [4.78, 5) is 35.9. The highest BCUT2D eigenvalue weighted by Gasteiger charge is 2.27. The quantitative estimate of drug-likeness (QED) is 0.0998. The molecule has 0 amide bonds. The first-order chi connectivity index (χ1) is 20.0. The zero-order valence-electron chi connectivity index (χ0n) is 29.7. The van der Waals surface area contributed by atoms with Crippen LogP contribution in [0.5, 0.6) is 0 Å². The lowest BCUT2D eigenvalue weighted by Gasteiger charge is -2.20. The first-order valence-corrected chi connectivity index (χ1v) is 15.3. The lowest BCUT2D eigenvalue weighted by Crippen LogP contribution is -2.28. The molecule has 0 spiro atoms. The number of methoxy groups -OCH3 is 2. The molecule has 0 aliphatic rings. The molecule has 43 heavy (non-hydrogen) atoms. The minimum Gasteiger partial charge on any atom is -0.469 e. The maximum Gasteiger partial charge on any atom is 0.311 e. The van der Waals surface area contributed by atoms with E-state index in [1.165, 1.54) is 7.11 Å². The molecule has 258 valence electrons. The van der Waals surface area contributed by atoms with Gasteiger partial charge in [0.05, 0.1) is 69.6 Å². The first-order valence-electron chi connectivity index (χ1n) is 15.3. The van der Waals surface area contributed by atoms with Gasteiger partial charge in [0.15, 0.2) is 0 Å². The molecule has 0 aromatic carbocycles. The van der Waals surface area contributed by atoms with Crippen LogP contribution in [0, 0.1) is 16.2 Å². The molecular formula is C32H65NO10. The van der Waals surface area contributed by atoms with Gasteiger partial charge in [-0.15, -0.1) is 0 Å². The maximum atomic E-state index is 11.7. The lowest BCUT2D eigenvalue weighted by atomic mass is 9.91. The van der Waals surface area contributed by atoms with Gasteiger partial charge in [-0.25, -0.2) is 0 Å². The largest absolute Gasteiger partial charge is 0.469 e. The molecule has 0 aromatic heterocycles. The number of likely N-dealkylation sites (N-methyl/N-ethyl adjacent to an activating group) is 1. The summed E-state index contributed by atoms with van der Waals surface area (Å²) in [6.45, 7) is 22.4. The van der Waals surface area contributed by atoms with Crippen LogP contribution in [0.1, 0.15) is 81.6 Å². The lowest BCUT2D eigenvalue weighted by molar-refractivity contribution is -0.156. The standard InChI is InChI=1S/C15H30O6.C10H21NO2.C7H14O2/c1-5-15(2,3)14(16)21-13-12-20-11-10-19-9-8-18-7-6-17-4;1-6-10(2,3)9(12)13-8-7-11(4)5;1-5-7(2,3)6(8)9-4/h5-13H2,1-4H3;6-8H2,1-5H3;5H2,1-4H3. The Hall–Kier alpha value is -1.79. The molecule has 0 aromatic rings. The number of hydrogen-bond donors (Lipinski definition) is 0. The van der Waals surface area contributed by atoms with Crippen LogP contribution in [0.15, 0.2) is 0 Å². The van der Waals surface area contributed by atoms with Gasteiger partial charge >= 0.3 is 17.9 Å². The fraction of sp³-hybridized carbons (Fsp3) is 0.906. The molecule has 0 unspecified atom stereocenters. The van der Waals surface area contributed by atoms with Crippen molar-refractivity contribution in [2.45, 2.75) is 81.6 Å². The van der Waals surface area contributed by atoms with Gasteiger partial charge in [-0.2, -0.15) is 0 Å². The zero-order valence-corrected chi connectivity index (χ0v) is 29.7. The second kappa shape index (κ2) is 26.6. The second-order valence-electron chi connectivity index (χ2n) is 12.1. The van der Waals surface area contributed by atoms with E-state index in [9.17, 15) is 14.4 Å². The average Bonchev–Trinajstić information content (AvgIpc) is 2.97. The summed E-state index contributed by atoms with van der Waals surface area (Å²) < 4.78 is 35.6. The summed E-state index contributed by atoms with van der Waals surface area (Å²) in [5.41, 5.74) is -1.08. The summed E-state index contributed by atoms with van der Waals surface area (Å²) in [5.74, 6) is -0.417. The van der Waals surface area contributed by atoms with Crippen molar-refractivity contribution in [3.8, 4) is 0 Å². The van der Waals surface area contributed by atoms with Crippen molar-refractivity contribution in [1.29, 1.82) is 0 Å². The third-order valence-electron chi connectivity index (χ3n) is 6.90. The van der Waals surface area contributed by atoms with Gasteiger partial charge < -0.3 is 38.1 Å². The van der Waals surface area contributed by atoms with Crippen LogP contribution in [-0.4, -0.2) is 117 Å². The molecule has 0 bridgehead atoms. The predicted molar refractivity (Wildman–Crippen MR) is 169 cm³/mol. The van der Waals surface area contributed by atoms with Gasteiger partial charge in [0, 0.05) is 13.7 Å². The highest BCUT2D eigenvalue weighted by atomic mass is 16.6. The van der Waals surface area contributed by atoms with E-state index in [0.29, 0.717) is 52.9 Å². The van der Waals surface area contributed by atoms with E-state index in [0.717, 1.165) is 25.8 Å². The number of nitrogens with zero attached hydrogens (tertiary/aromatic N) is 1. The van der Waals surface area contributed by atoms with E-state index in [1.807, 2.05) is 81.3 Å². The van der Waals surface area contributed by atoms with E-state index in [4.69, 9.17) is 28.4 Å². The van der Waals surface area contributed by atoms with Gasteiger partial charge in [-0.05, 0) is 74.9 Å². The number of carbonyl (C=O) groups is 3. The topological polar surface area (TPSA) is 119 Å². The van der Waals surface area contributed by atoms with E-state index in [1.54, 1.807) is 7.11 Å². The van der Waals surface area contributed by atoms with Gasteiger partial charge in [-0.3, -0.25) is 14.4 Å². The second-order valence-corrected chi connectivity index (χ2v) is 12.1. The van der Waals surface area contributed by atoms with E-state index in [2.05, 4.69) is 4.74 Å². The van der Waals surface area contributed by atoms with Gasteiger partial charge in [0.25, 0.3) is 0 Å². The molecule has 11 heteroatoms. The third kappa shape index (κ3) is 26.3. The van der Waals surface area contributed by atoms with Crippen LogP contribution in [0.2, 0.25) is 0 Å². The van der Waals surface area contributed by atoms with E-state index < -0.39 is 5.41 Å². The Morgan fingerprint density at radius 2 is 0.837 bits per heavy atom. The predicted octanol–water partition coefficient (Wildman–Crippen LogP) is 4.79. The summed E-state index contributed by atoms with van der Waals surface area (Å²) in [6, 6.07) is 0. The van der Waals surface area contributed by atoms with Crippen molar-refractivity contribution in [3.05, 3.63) is 0 Å². The minimum atomic E-state index is -0.425. The summed E-state index contributed by atoms with van der Waals surface area (Å²) >= 11 is 0. The van der Waals surface area contributed by atoms with Gasteiger partial charge in [0.1, 0.15) is 13.2 Å². The Kier molecular flexibility index (Phi) is 28.2. The van der Waals surface area contributed by atoms with Crippen LogP contribution >= 0.6 is 0 Å². The maximum absolute atomic E-state index is 11.7. The molecular weight excluding hydrogens is 558 g/mol. The molecule has 0 N–H and O–H groups in total. The Balaban J connectivity index is -0.000000618. The Morgan fingerprint density at radius 1 is 0.512 bits per heavy atom. The Labute approximate surface area is 262 Å². The number of hydrogen-bond acceptors (Lipinski definition) is 11. The molecule has 11 nitrogen and oxygen atoms in total. The SMILES string of the molecule is CCC(C)(C)C(=O)OC.CCC(C)(C)C(=O)OCCN(C)C.CCC(C)(C)C(=O)OCCOCCOCCOCCOC. The Bertz CT molecular complexity index is 708. The van der Waals surface area contributed by atoms with Crippen molar-refractivity contribution in [2.24, 2.45) is 16.2 Å². The highest BCUT2D eigenvalue weighted by molar-refractivity contribution is 5.76. The molecule has 0 fully saturated rings. The third-order valence-corrected chi connectivity index (χ3v) is 6.90. The van der Waals surface area contributed by atoms with Crippen molar-refractivity contribution in [2.75, 3.05) is 94.3 Å². The monoisotopic (exact) mass is 623 g/mol. The van der Waals surface area contributed by atoms with Gasteiger partial charge in [-0.1, -0.05) is 20.8 Å². The number of rotatable bonds is 21. The number of esters is 3. The summed E-state index contributed by atoms with van der Waals surface area (Å²) in [7, 11) is 6.97. The zero-order chi connectivity index (χ0) is 34.0. The van der Waals surface area contributed by atoms with Gasteiger partial charge in [0.2, 0.25) is 0 Å². The normalized spacial score (nSPS) is 11.6. The molecule has 0 atom stereocenters. The fourth-order valence-corrected chi connectivity index (χ4v) is 2.30. The molecule has 0 aliphatic carbocycles. The molecule has 0 heterocycles. The summed E-state index contributed by atoms with van der Waals surface area (Å²) in [5, 5.41) is 0. The fourth-order valence-electron chi connectivity index (χ4n) is 2.30. The highest BCUT2D eigenvalue weighted by Crippen LogP contribution is 2.22. The van der Waals surface area contributed by atoms with Crippen molar-refractivity contribution >= 4 is 17.9 Å².